The third-order valence-electron chi connectivity index (χ3n) is 3.97. The van der Waals surface area contributed by atoms with Gasteiger partial charge < -0.3 is 10.6 Å². The van der Waals surface area contributed by atoms with Crippen LogP contribution in [0, 0.1) is 6.92 Å². The van der Waals surface area contributed by atoms with E-state index in [2.05, 4.69) is 12.1 Å². The van der Waals surface area contributed by atoms with E-state index in [-0.39, 0.29) is 5.91 Å². The van der Waals surface area contributed by atoms with Crippen molar-refractivity contribution >= 4 is 11.6 Å². The van der Waals surface area contributed by atoms with Crippen LogP contribution in [-0.2, 0) is 6.54 Å². The molecule has 2 N–H and O–H groups in total. The minimum Gasteiger partial charge on any atom is -0.398 e. The topological polar surface area (TPSA) is 46.3 Å². The van der Waals surface area contributed by atoms with Crippen LogP contribution in [0.3, 0.4) is 0 Å². The van der Waals surface area contributed by atoms with E-state index in [1.807, 2.05) is 42.2 Å². The van der Waals surface area contributed by atoms with Crippen molar-refractivity contribution in [1.29, 1.82) is 0 Å². The minimum absolute atomic E-state index is 0.0769. The van der Waals surface area contributed by atoms with Crippen molar-refractivity contribution in [2.24, 2.45) is 0 Å². The maximum atomic E-state index is 12.8. The zero-order valence-corrected chi connectivity index (χ0v) is 12.3. The van der Waals surface area contributed by atoms with Crippen molar-refractivity contribution in [1.82, 2.24) is 4.90 Å². The zero-order valence-electron chi connectivity index (χ0n) is 12.3. The highest BCUT2D eigenvalue weighted by Crippen LogP contribution is 2.30. The molecule has 3 rings (SSSR count). The standard InChI is InChI=1S/C18H20N2O/c1-13-7-8-15(11-17(13)19)18(21)20(16-9-10-16)12-14-5-3-2-4-6-14/h2-8,11,16H,9-10,12,19H2,1H3. The van der Waals surface area contributed by atoms with Crippen LogP contribution >= 0.6 is 0 Å². The molecule has 0 aliphatic heterocycles. The van der Waals surface area contributed by atoms with E-state index in [0.29, 0.717) is 23.8 Å². The Labute approximate surface area is 125 Å². The first kappa shape index (κ1) is 13.7. The molecule has 1 amide bonds. The predicted octanol–water partition coefficient (Wildman–Crippen LogP) is 3.38. The van der Waals surface area contributed by atoms with Crippen molar-refractivity contribution in [3.8, 4) is 0 Å². The molecule has 0 aromatic heterocycles. The average Bonchev–Trinajstić information content (AvgIpc) is 3.33. The Morgan fingerprint density at radius 3 is 2.52 bits per heavy atom. The summed E-state index contributed by atoms with van der Waals surface area (Å²) < 4.78 is 0. The quantitative estimate of drug-likeness (QED) is 0.873. The molecule has 1 fully saturated rings. The Balaban J connectivity index is 1.83. The van der Waals surface area contributed by atoms with E-state index in [4.69, 9.17) is 5.73 Å². The Bertz CT molecular complexity index is 648. The minimum atomic E-state index is 0.0769. The fourth-order valence-electron chi connectivity index (χ4n) is 2.47. The lowest BCUT2D eigenvalue weighted by Gasteiger charge is -2.23. The Morgan fingerprint density at radius 2 is 1.90 bits per heavy atom. The lowest BCUT2D eigenvalue weighted by molar-refractivity contribution is 0.0730. The molecule has 1 aliphatic rings. The lowest BCUT2D eigenvalue weighted by atomic mass is 10.1. The second-order valence-corrected chi connectivity index (χ2v) is 5.72. The molecule has 1 saturated carbocycles. The van der Waals surface area contributed by atoms with Crippen LogP contribution in [0.2, 0.25) is 0 Å². The van der Waals surface area contributed by atoms with Crippen LogP contribution in [0.1, 0.15) is 34.3 Å². The number of aryl methyl sites for hydroxylation is 1. The maximum absolute atomic E-state index is 12.8. The van der Waals surface area contributed by atoms with Gasteiger partial charge >= 0.3 is 0 Å². The van der Waals surface area contributed by atoms with E-state index in [1.54, 1.807) is 6.07 Å². The van der Waals surface area contributed by atoms with Crippen molar-refractivity contribution in [2.75, 3.05) is 5.73 Å². The van der Waals surface area contributed by atoms with Gasteiger partial charge in [0.1, 0.15) is 0 Å². The van der Waals surface area contributed by atoms with Crippen LogP contribution in [-0.4, -0.2) is 16.8 Å². The van der Waals surface area contributed by atoms with Crippen LogP contribution < -0.4 is 5.73 Å². The van der Waals surface area contributed by atoms with Gasteiger partial charge in [-0.05, 0) is 43.0 Å². The summed E-state index contributed by atoms with van der Waals surface area (Å²) in [5.41, 5.74) is 9.46. The predicted molar refractivity (Wildman–Crippen MR) is 84.9 cm³/mol. The number of nitrogens with zero attached hydrogens (tertiary/aromatic N) is 1. The summed E-state index contributed by atoms with van der Waals surface area (Å²) in [5, 5.41) is 0. The molecule has 0 radical (unpaired) electrons. The van der Waals surface area contributed by atoms with Crippen LogP contribution in [0.25, 0.3) is 0 Å². The number of hydrogen-bond donors (Lipinski definition) is 1. The lowest BCUT2D eigenvalue weighted by Crippen LogP contribution is -2.32. The third-order valence-corrected chi connectivity index (χ3v) is 3.97. The molecule has 2 aromatic rings. The summed E-state index contributed by atoms with van der Waals surface area (Å²) in [6, 6.07) is 16.1. The smallest absolute Gasteiger partial charge is 0.254 e. The Morgan fingerprint density at radius 1 is 1.19 bits per heavy atom. The molecule has 0 atom stereocenters. The first-order valence-electron chi connectivity index (χ1n) is 7.36. The first-order valence-corrected chi connectivity index (χ1v) is 7.36. The second kappa shape index (κ2) is 5.60. The molecule has 0 spiro atoms. The van der Waals surface area contributed by atoms with Gasteiger partial charge in [0.25, 0.3) is 5.91 Å². The normalized spacial score (nSPS) is 14.0. The largest absolute Gasteiger partial charge is 0.398 e. The molecule has 3 nitrogen and oxygen atoms in total. The van der Waals surface area contributed by atoms with Crippen molar-refractivity contribution in [3.05, 3.63) is 65.2 Å². The number of hydrogen-bond acceptors (Lipinski definition) is 2. The molecule has 21 heavy (non-hydrogen) atoms. The molecule has 0 unspecified atom stereocenters. The number of nitrogens with two attached hydrogens (primary N) is 1. The molecular weight excluding hydrogens is 260 g/mol. The van der Waals surface area contributed by atoms with Gasteiger partial charge in [0.15, 0.2) is 0 Å². The van der Waals surface area contributed by atoms with Gasteiger partial charge in [-0.3, -0.25) is 4.79 Å². The maximum Gasteiger partial charge on any atom is 0.254 e. The summed E-state index contributed by atoms with van der Waals surface area (Å²) in [5.74, 6) is 0.0769. The van der Waals surface area contributed by atoms with Gasteiger partial charge in [-0.25, -0.2) is 0 Å². The molecule has 0 heterocycles. The molecule has 108 valence electrons. The number of anilines is 1. The third kappa shape index (κ3) is 3.07. The average molecular weight is 280 g/mol. The molecule has 3 heteroatoms. The van der Waals surface area contributed by atoms with E-state index >= 15 is 0 Å². The number of carbonyl (C=O) groups is 1. The number of carbonyl (C=O) groups excluding carboxylic acids is 1. The highest BCUT2D eigenvalue weighted by Gasteiger charge is 2.33. The zero-order chi connectivity index (χ0) is 14.8. The number of benzene rings is 2. The Hall–Kier alpha value is -2.29. The van der Waals surface area contributed by atoms with Gasteiger partial charge in [0.2, 0.25) is 0 Å². The van der Waals surface area contributed by atoms with Crippen LogP contribution in [0.15, 0.2) is 48.5 Å². The summed E-state index contributed by atoms with van der Waals surface area (Å²) in [6.45, 7) is 2.62. The molecule has 1 aliphatic carbocycles. The van der Waals surface area contributed by atoms with Crippen molar-refractivity contribution in [2.45, 2.75) is 32.4 Å². The first-order chi connectivity index (χ1) is 10.1. The number of amides is 1. The molecule has 2 aromatic carbocycles. The molecule has 0 saturated heterocycles. The van der Waals surface area contributed by atoms with Gasteiger partial charge in [0, 0.05) is 23.8 Å². The summed E-state index contributed by atoms with van der Waals surface area (Å²) in [6.07, 6.45) is 2.19. The van der Waals surface area contributed by atoms with E-state index in [9.17, 15) is 4.79 Å². The monoisotopic (exact) mass is 280 g/mol. The van der Waals surface area contributed by atoms with E-state index < -0.39 is 0 Å². The summed E-state index contributed by atoms with van der Waals surface area (Å²) in [7, 11) is 0. The van der Waals surface area contributed by atoms with Crippen molar-refractivity contribution < 1.29 is 4.79 Å². The van der Waals surface area contributed by atoms with Crippen LogP contribution in [0.4, 0.5) is 5.69 Å². The highest BCUT2D eigenvalue weighted by atomic mass is 16.2. The highest BCUT2D eigenvalue weighted by molar-refractivity contribution is 5.95. The second-order valence-electron chi connectivity index (χ2n) is 5.72. The van der Waals surface area contributed by atoms with Gasteiger partial charge in [0.05, 0.1) is 0 Å². The summed E-state index contributed by atoms with van der Waals surface area (Å²) in [4.78, 5) is 14.7. The summed E-state index contributed by atoms with van der Waals surface area (Å²) >= 11 is 0. The Kier molecular flexibility index (Phi) is 3.65. The molecule has 0 bridgehead atoms. The molecular formula is C18H20N2O. The van der Waals surface area contributed by atoms with Crippen LogP contribution in [0.5, 0.6) is 0 Å². The van der Waals surface area contributed by atoms with E-state index in [0.717, 1.165) is 24.0 Å². The fourth-order valence-corrected chi connectivity index (χ4v) is 2.47. The van der Waals surface area contributed by atoms with Gasteiger partial charge in [-0.2, -0.15) is 0 Å². The van der Waals surface area contributed by atoms with Gasteiger partial charge in [-0.15, -0.1) is 0 Å². The SMILES string of the molecule is Cc1ccc(C(=O)N(Cc2ccccc2)C2CC2)cc1N. The fraction of sp³-hybridized carbons (Fsp3) is 0.278. The number of rotatable bonds is 4. The number of nitrogen functional groups attached to an aromatic ring is 1. The van der Waals surface area contributed by atoms with Gasteiger partial charge in [-0.1, -0.05) is 36.4 Å². The van der Waals surface area contributed by atoms with Crippen molar-refractivity contribution in [3.63, 3.8) is 0 Å². The van der Waals surface area contributed by atoms with E-state index in [1.165, 1.54) is 0 Å².